The molecule has 2 N–H and O–H groups in total. The number of fused-ring (bicyclic) bond motifs is 1. The van der Waals surface area contributed by atoms with Crippen LogP contribution in [0.2, 0.25) is 0 Å². The summed E-state index contributed by atoms with van der Waals surface area (Å²) in [6.07, 6.45) is -3.45. The van der Waals surface area contributed by atoms with E-state index in [1.54, 1.807) is 11.0 Å². The van der Waals surface area contributed by atoms with E-state index in [1.165, 1.54) is 36.4 Å². The van der Waals surface area contributed by atoms with Gasteiger partial charge in [0.1, 0.15) is 11.5 Å². The number of amides is 2. The average molecular weight is 568 g/mol. The van der Waals surface area contributed by atoms with Gasteiger partial charge in [-0.1, -0.05) is 18.2 Å². The number of hydrogen-bond acceptors (Lipinski definition) is 7. The Hall–Kier alpha value is -3.16. The number of ether oxygens (including phenoxy) is 1. The van der Waals surface area contributed by atoms with Gasteiger partial charge in [0.15, 0.2) is 9.84 Å². The number of carbonyl (C=O) groups is 2. The van der Waals surface area contributed by atoms with E-state index in [4.69, 9.17) is 0 Å². The highest BCUT2D eigenvalue weighted by Crippen LogP contribution is 2.38. The molecule has 3 aliphatic rings. The number of anilines is 1. The summed E-state index contributed by atoms with van der Waals surface area (Å²) in [7, 11) is -3.77. The number of β-amino-alcohol motifs (C(OH)–C–C–N with tert-alkyl or cyclic N) is 1. The summed E-state index contributed by atoms with van der Waals surface area (Å²) < 4.78 is 67.5. The van der Waals surface area contributed by atoms with Crippen molar-refractivity contribution in [3.05, 3.63) is 53.6 Å². The molecule has 2 aromatic rings. The summed E-state index contributed by atoms with van der Waals surface area (Å²) in [5.74, 6) is -1.97. The predicted octanol–water partition coefficient (Wildman–Crippen LogP) is 2.65. The van der Waals surface area contributed by atoms with E-state index in [0.717, 1.165) is 12.8 Å². The van der Waals surface area contributed by atoms with Crippen LogP contribution in [-0.4, -0.2) is 79.0 Å². The van der Waals surface area contributed by atoms with Gasteiger partial charge in [-0.05, 0) is 54.7 Å². The standard InChI is InChI=1S/C26H28F3N3O6S/c27-26(28,29)38-20-3-1-2-17(12-20)22(14-31-9-8-19(33)13-31)32(18-5-6-18)25(35)11-16-4-7-23-21(10-16)30-24(34)15-39(23,36)37/h1-4,7,10,12,18-19,22,33H,5-6,8-9,11,13-15H2,(H,30,34)/t19-,22+/m0/s1. The molecule has 2 aliphatic heterocycles. The van der Waals surface area contributed by atoms with Gasteiger partial charge in [0, 0.05) is 25.7 Å². The highest BCUT2D eigenvalue weighted by atomic mass is 32.2. The topological polar surface area (TPSA) is 116 Å². The number of hydrogen-bond donors (Lipinski definition) is 2. The number of sulfone groups is 1. The molecule has 5 rings (SSSR count). The summed E-state index contributed by atoms with van der Waals surface area (Å²) in [5.41, 5.74) is 1.09. The quantitative estimate of drug-likeness (QED) is 0.504. The van der Waals surface area contributed by atoms with Crippen LogP contribution in [0.5, 0.6) is 5.75 Å². The molecule has 13 heteroatoms. The molecule has 9 nitrogen and oxygen atoms in total. The van der Waals surface area contributed by atoms with Crippen molar-refractivity contribution in [2.45, 2.75) is 55.1 Å². The van der Waals surface area contributed by atoms with Gasteiger partial charge < -0.3 is 20.1 Å². The lowest BCUT2D eigenvalue weighted by molar-refractivity contribution is -0.274. The molecular weight excluding hydrogens is 539 g/mol. The highest BCUT2D eigenvalue weighted by molar-refractivity contribution is 7.92. The molecule has 1 saturated heterocycles. The molecule has 0 aromatic heterocycles. The zero-order chi connectivity index (χ0) is 27.9. The monoisotopic (exact) mass is 567 g/mol. The van der Waals surface area contributed by atoms with Crippen molar-refractivity contribution in [2.24, 2.45) is 0 Å². The first kappa shape index (κ1) is 27.4. The van der Waals surface area contributed by atoms with Crippen molar-refractivity contribution < 1.29 is 41.0 Å². The van der Waals surface area contributed by atoms with E-state index in [1.807, 2.05) is 4.90 Å². The molecule has 210 valence electrons. The smallest absolute Gasteiger partial charge is 0.406 e. The zero-order valence-electron chi connectivity index (χ0n) is 20.9. The first-order chi connectivity index (χ1) is 18.4. The van der Waals surface area contributed by atoms with Gasteiger partial charge in [-0.2, -0.15) is 0 Å². The summed E-state index contributed by atoms with van der Waals surface area (Å²) in [5, 5.41) is 12.6. The third kappa shape index (κ3) is 6.53. The largest absolute Gasteiger partial charge is 0.573 e. The van der Waals surface area contributed by atoms with Gasteiger partial charge in [-0.25, -0.2) is 8.42 Å². The van der Waals surface area contributed by atoms with Gasteiger partial charge >= 0.3 is 6.36 Å². The number of rotatable bonds is 8. The van der Waals surface area contributed by atoms with Crippen LogP contribution in [0.15, 0.2) is 47.4 Å². The first-order valence-electron chi connectivity index (χ1n) is 12.6. The minimum atomic E-state index is -4.87. The van der Waals surface area contributed by atoms with Crippen LogP contribution in [0, 0.1) is 0 Å². The van der Waals surface area contributed by atoms with E-state index in [0.29, 0.717) is 37.2 Å². The van der Waals surface area contributed by atoms with Gasteiger partial charge in [0.2, 0.25) is 11.8 Å². The fourth-order valence-electron chi connectivity index (χ4n) is 5.24. The van der Waals surface area contributed by atoms with Crippen LogP contribution in [0.4, 0.5) is 18.9 Å². The van der Waals surface area contributed by atoms with Crippen molar-refractivity contribution in [1.29, 1.82) is 0 Å². The number of benzene rings is 2. The molecule has 2 heterocycles. The third-order valence-electron chi connectivity index (χ3n) is 7.05. The van der Waals surface area contributed by atoms with Crippen molar-refractivity contribution in [2.75, 3.05) is 30.7 Å². The molecule has 0 spiro atoms. The van der Waals surface area contributed by atoms with Gasteiger partial charge in [0.05, 0.1) is 29.1 Å². The summed E-state index contributed by atoms with van der Waals surface area (Å²) >= 11 is 0. The molecule has 2 atom stereocenters. The van der Waals surface area contributed by atoms with E-state index in [9.17, 15) is 36.3 Å². The Morgan fingerprint density at radius 3 is 2.62 bits per heavy atom. The summed E-state index contributed by atoms with van der Waals surface area (Å²) in [6.45, 7) is 1.29. The van der Waals surface area contributed by atoms with E-state index >= 15 is 0 Å². The Kier molecular flexibility index (Phi) is 7.33. The average Bonchev–Trinajstić information content (AvgIpc) is 3.57. The maximum Gasteiger partial charge on any atom is 0.573 e. The molecule has 1 aliphatic carbocycles. The second-order valence-electron chi connectivity index (χ2n) is 10.2. The first-order valence-corrected chi connectivity index (χ1v) is 14.3. The van der Waals surface area contributed by atoms with E-state index in [2.05, 4.69) is 10.1 Å². The van der Waals surface area contributed by atoms with Crippen molar-refractivity contribution in [1.82, 2.24) is 9.80 Å². The number of alkyl halides is 3. The van der Waals surface area contributed by atoms with Crippen molar-refractivity contribution in [3.8, 4) is 5.75 Å². The van der Waals surface area contributed by atoms with Crippen LogP contribution < -0.4 is 10.1 Å². The Balaban J connectivity index is 1.44. The molecule has 2 amide bonds. The van der Waals surface area contributed by atoms with E-state index < -0.39 is 40.0 Å². The zero-order valence-corrected chi connectivity index (χ0v) is 21.7. The maximum absolute atomic E-state index is 13.8. The lowest BCUT2D eigenvalue weighted by atomic mass is 10.0. The summed E-state index contributed by atoms with van der Waals surface area (Å²) in [6, 6.07) is 9.24. The highest BCUT2D eigenvalue weighted by Gasteiger charge is 2.40. The minimum absolute atomic E-state index is 0.00991. The Morgan fingerprint density at radius 1 is 1.18 bits per heavy atom. The van der Waals surface area contributed by atoms with Crippen molar-refractivity contribution in [3.63, 3.8) is 0 Å². The SMILES string of the molecule is O=C1CS(=O)(=O)c2ccc(CC(=O)N(C3CC3)[C@H](CN3CC[C@H](O)C3)c3cccc(OC(F)(F)F)c3)cc2N1. The fraction of sp³-hybridized carbons (Fsp3) is 0.462. The van der Waals surface area contributed by atoms with Crippen molar-refractivity contribution >= 4 is 27.3 Å². The second-order valence-corrected chi connectivity index (χ2v) is 12.1. The summed E-state index contributed by atoms with van der Waals surface area (Å²) in [4.78, 5) is 29.3. The molecule has 0 unspecified atom stereocenters. The number of nitrogens with one attached hydrogen (secondary N) is 1. The number of aliphatic hydroxyl groups excluding tert-OH is 1. The third-order valence-corrected chi connectivity index (χ3v) is 8.72. The molecule has 2 aromatic carbocycles. The van der Waals surface area contributed by atoms with Crippen LogP contribution in [0.3, 0.4) is 0 Å². The van der Waals surface area contributed by atoms with E-state index in [-0.39, 0.29) is 34.7 Å². The molecule has 1 saturated carbocycles. The minimum Gasteiger partial charge on any atom is -0.406 e. The fourth-order valence-corrected chi connectivity index (χ4v) is 6.53. The Labute approximate surface area is 223 Å². The lowest BCUT2D eigenvalue weighted by Gasteiger charge is -2.35. The van der Waals surface area contributed by atoms with Crippen LogP contribution in [-0.2, 0) is 25.8 Å². The second kappa shape index (κ2) is 10.4. The predicted molar refractivity (Wildman–Crippen MR) is 134 cm³/mol. The van der Waals surface area contributed by atoms with Gasteiger partial charge in [0.25, 0.3) is 0 Å². The normalized spacial score (nSPS) is 21.6. The molecular formula is C26H28F3N3O6S. The number of likely N-dealkylation sites (tertiary alicyclic amines) is 1. The Morgan fingerprint density at radius 2 is 1.95 bits per heavy atom. The number of carbonyl (C=O) groups excluding carboxylic acids is 2. The van der Waals surface area contributed by atoms with Gasteiger partial charge in [-0.3, -0.25) is 14.5 Å². The maximum atomic E-state index is 13.8. The number of nitrogens with zero attached hydrogens (tertiary/aromatic N) is 2. The molecule has 2 fully saturated rings. The van der Waals surface area contributed by atoms with Crippen LogP contribution in [0.25, 0.3) is 0 Å². The van der Waals surface area contributed by atoms with Crippen LogP contribution >= 0.6 is 0 Å². The Bertz CT molecular complexity index is 1380. The molecule has 39 heavy (non-hydrogen) atoms. The van der Waals surface area contributed by atoms with Gasteiger partial charge in [-0.15, -0.1) is 13.2 Å². The lowest BCUT2D eigenvalue weighted by Crippen LogP contribution is -2.43. The number of halogens is 3. The van der Waals surface area contributed by atoms with Crippen LogP contribution in [0.1, 0.15) is 36.4 Å². The molecule has 0 bridgehead atoms. The molecule has 0 radical (unpaired) electrons. The number of aliphatic hydroxyl groups is 1.